The maximum Gasteiger partial charge on any atom is 0.255 e. The van der Waals surface area contributed by atoms with E-state index < -0.39 is 0 Å². The minimum absolute atomic E-state index is 0.0137. The minimum Gasteiger partial charge on any atom is -0.394 e. The lowest BCUT2D eigenvalue weighted by atomic mass is 10.1. The van der Waals surface area contributed by atoms with Crippen LogP contribution in [-0.4, -0.2) is 28.6 Å². The molecule has 0 bridgehead atoms. The Hall–Kier alpha value is -2.40. The molecule has 1 atom stereocenters. The third-order valence-corrected chi connectivity index (χ3v) is 3.37. The molecular weight excluding hydrogens is 278 g/mol. The van der Waals surface area contributed by atoms with Gasteiger partial charge in [-0.25, -0.2) is 4.98 Å². The molecule has 0 radical (unpaired) electrons. The highest BCUT2D eigenvalue weighted by Crippen LogP contribution is 2.13. The predicted octanol–water partition coefficient (Wildman–Crippen LogP) is 2.83. The molecule has 0 fully saturated rings. The molecule has 0 spiro atoms. The Bertz CT molecular complexity index is 622. The van der Waals surface area contributed by atoms with Crippen molar-refractivity contribution in [3.63, 3.8) is 0 Å². The van der Waals surface area contributed by atoms with Crippen molar-refractivity contribution in [2.45, 2.75) is 26.3 Å². The molecule has 0 aliphatic rings. The number of rotatable bonds is 6. The number of aliphatic hydroxyl groups excluding tert-OH is 1. The van der Waals surface area contributed by atoms with Gasteiger partial charge in [-0.2, -0.15) is 0 Å². The molecule has 1 amide bonds. The summed E-state index contributed by atoms with van der Waals surface area (Å²) < 4.78 is 0. The van der Waals surface area contributed by atoms with E-state index in [1.54, 1.807) is 24.4 Å². The summed E-state index contributed by atoms with van der Waals surface area (Å²) >= 11 is 0. The summed E-state index contributed by atoms with van der Waals surface area (Å²) in [5.41, 5.74) is 2.29. The standard InChI is InChI=1S/C17H21N3O2/c1-3-14(11-21)19-16-8-7-15(10-18-16)20-17(22)13-6-4-5-12(2)9-13/h4-10,14,21H,3,11H2,1-2H3,(H,18,19)(H,20,22). The average molecular weight is 299 g/mol. The van der Waals surface area contributed by atoms with Crippen molar-refractivity contribution in [1.29, 1.82) is 0 Å². The summed E-state index contributed by atoms with van der Waals surface area (Å²) in [6.45, 7) is 4.00. The number of hydrogen-bond acceptors (Lipinski definition) is 4. The number of amides is 1. The topological polar surface area (TPSA) is 74.2 Å². The van der Waals surface area contributed by atoms with Crippen LogP contribution in [0.25, 0.3) is 0 Å². The largest absolute Gasteiger partial charge is 0.394 e. The highest BCUT2D eigenvalue weighted by atomic mass is 16.3. The van der Waals surface area contributed by atoms with Gasteiger partial charge in [0.05, 0.1) is 24.5 Å². The van der Waals surface area contributed by atoms with Crippen LogP contribution in [0.5, 0.6) is 0 Å². The number of anilines is 2. The zero-order valence-electron chi connectivity index (χ0n) is 12.8. The SMILES string of the molecule is CCC(CO)Nc1ccc(NC(=O)c2cccc(C)c2)cn1. The first-order chi connectivity index (χ1) is 10.6. The molecule has 1 aromatic carbocycles. The van der Waals surface area contributed by atoms with E-state index in [1.807, 2.05) is 32.0 Å². The van der Waals surface area contributed by atoms with E-state index in [0.29, 0.717) is 17.1 Å². The molecule has 2 rings (SSSR count). The zero-order chi connectivity index (χ0) is 15.9. The summed E-state index contributed by atoms with van der Waals surface area (Å²) in [5.74, 6) is 0.516. The second kappa shape index (κ2) is 7.56. The van der Waals surface area contributed by atoms with Gasteiger partial charge in [-0.3, -0.25) is 4.79 Å². The molecule has 5 heteroatoms. The number of aliphatic hydroxyl groups is 1. The summed E-state index contributed by atoms with van der Waals surface area (Å²) in [7, 11) is 0. The first-order valence-electron chi connectivity index (χ1n) is 7.34. The van der Waals surface area contributed by atoms with E-state index in [-0.39, 0.29) is 18.6 Å². The van der Waals surface area contributed by atoms with Crippen LogP contribution in [0.4, 0.5) is 11.5 Å². The van der Waals surface area contributed by atoms with Crippen LogP contribution in [0.2, 0.25) is 0 Å². The van der Waals surface area contributed by atoms with Gasteiger partial charge in [-0.1, -0.05) is 24.6 Å². The van der Waals surface area contributed by atoms with Gasteiger partial charge in [0.15, 0.2) is 0 Å². The van der Waals surface area contributed by atoms with E-state index in [4.69, 9.17) is 5.11 Å². The van der Waals surface area contributed by atoms with Crippen molar-refractivity contribution in [1.82, 2.24) is 4.98 Å². The van der Waals surface area contributed by atoms with Gasteiger partial charge in [0.1, 0.15) is 5.82 Å². The van der Waals surface area contributed by atoms with E-state index >= 15 is 0 Å². The van der Waals surface area contributed by atoms with Crippen LogP contribution in [0.15, 0.2) is 42.6 Å². The van der Waals surface area contributed by atoms with Gasteiger partial charge < -0.3 is 15.7 Å². The van der Waals surface area contributed by atoms with Crippen molar-refractivity contribution in [3.05, 3.63) is 53.7 Å². The Kier molecular flexibility index (Phi) is 5.49. The van der Waals surface area contributed by atoms with Crippen LogP contribution >= 0.6 is 0 Å². The number of carbonyl (C=O) groups is 1. The molecule has 1 heterocycles. The molecule has 0 aliphatic heterocycles. The highest BCUT2D eigenvalue weighted by molar-refractivity contribution is 6.04. The van der Waals surface area contributed by atoms with Gasteiger partial charge in [0, 0.05) is 5.56 Å². The van der Waals surface area contributed by atoms with Crippen LogP contribution in [-0.2, 0) is 0 Å². The molecule has 1 aromatic heterocycles. The van der Waals surface area contributed by atoms with Crippen molar-refractivity contribution >= 4 is 17.4 Å². The molecule has 0 saturated carbocycles. The van der Waals surface area contributed by atoms with Crippen molar-refractivity contribution in [3.8, 4) is 0 Å². The normalized spacial score (nSPS) is 11.8. The monoisotopic (exact) mass is 299 g/mol. The van der Waals surface area contributed by atoms with Crippen molar-refractivity contribution < 1.29 is 9.90 Å². The predicted molar refractivity (Wildman–Crippen MR) is 88.2 cm³/mol. The number of aromatic nitrogens is 1. The molecule has 0 saturated heterocycles. The second-order valence-corrected chi connectivity index (χ2v) is 5.19. The minimum atomic E-state index is -0.159. The fourth-order valence-electron chi connectivity index (χ4n) is 2.03. The number of pyridine rings is 1. The van der Waals surface area contributed by atoms with Gasteiger partial charge in [-0.05, 0) is 37.6 Å². The summed E-state index contributed by atoms with van der Waals surface area (Å²) in [4.78, 5) is 16.4. The number of hydrogen-bond donors (Lipinski definition) is 3. The average Bonchev–Trinajstić information content (AvgIpc) is 2.54. The maximum absolute atomic E-state index is 12.1. The molecule has 2 aromatic rings. The summed E-state index contributed by atoms with van der Waals surface area (Å²) in [6.07, 6.45) is 2.41. The third-order valence-electron chi connectivity index (χ3n) is 3.37. The van der Waals surface area contributed by atoms with Crippen LogP contribution in [0.1, 0.15) is 29.3 Å². The molecule has 0 aliphatic carbocycles. The molecule has 5 nitrogen and oxygen atoms in total. The number of nitrogens with zero attached hydrogens (tertiary/aromatic N) is 1. The Labute approximate surface area is 130 Å². The van der Waals surface area contributed by atoms with Gasteiger partial charge in [0.2, 0.25) is 0 Å². The summed E-state index contributed by atoms with van der Waals surface area (Å²) in [5, 5.41) is 15.1. The van der Waals surface area contributed by atoms with E-state index in [9.17, 15) is 4.79 Å². The molecule has 3 N–H and O–H groups in total. The quantitative estimate of drug-likeness (QED) is 0.767. The molecular formula is C17H21N3O2. The zero-order valence-corrected chi connectivity index (χ0v) is 12.8. The van der Waals surface area contributed by atoms with Gasteiger partial charge >= 0.3 is 0 Å². The Balaban J connectivity index is 2.00. The lowest BCUT2D eigenvalue weighted by Gasteiger charge is -2.14. The lowest BCUT2D eigenvalue weighted by Crippen LogP contribution is -2.23. The summed E-state index contributed by atoms with van der Waals surface area (Å²) in [6, 6.07) is 11.0. The van der Waals surface area contributed by atoms with Crippen LogP contribution in [0.3, 0.4) is 0 Å². The second-order valence-electron chi connectivity index (χ2n) is 5.19. The fraction of sp³-hybridized carbons (Fsp3) is 0.294. The van der Waals surface area contributed by atoms with Crippen molar-refractivity contribution in [2.24, 2.45) is 0 Å². The van der Waals surface area contributed by atoms with Gasteiger partial charge in [0.25, 0.3) is 5.91 Å². The maximum atomic E-state index is 12.1. The highest BCUT2D eigenvalue weighted by Gasteiger charge is 2.08. The Morgan fingerprint density at radius 2 is 2.14 bits per heavy atom. The molecule has 1 unspecified atom stereocenters. The number of aryl methyl sites for hydroxylation is 1. The molecule has 116 valence electrons. The number of carbonyl (C=O) groups excluding carboxylic acids is 1. The van der Waals surface area contributed by atoms with Crippen molar-refractivity contribution in [2.75, 3.05) is 17.2 Å². The fourth-order valence-corrected chi connectivity index (χ4v) is 2.03. The Morgan fingerprint density at radius 1 is 1.32 bits per heavy atom. The van der Waals surface area contributed by atoms with E-state index in [2.05, 4.69) is 15.6 Å². The van der Waals surface area contributed by atoms with Crippen LogP contribution < -0.4 is 10.6 Å². The lowest BCUT2D eigenvalue weighted by molar-refractivity contribution is 0.102. The molecule has 22 heavy (non-hydrogen) atoms. The number of benzene rings is 1. The first-order valence-corrected chi connectivity index (χ1v) is 7.34. The third kappa shape index (κ3) is 4.30. The smallest absolute Gasteiger partial charge is 0.255 e. The van der Waals surface area contributed by atoms with E-state index in [1.165, 1.54) is 0 Å². The van der Waals surface area contributed by atoms with E-state index in [0.717, 1.165) is 12.0 Å². The number of nitrogens with one attached hydrogen (secondary N) is 2. The van der Waals surface area contributed by atoms with Crippen LogP contribution in [0, 0.1) is 6.92 Å². The first kappa shape index (κ1) is 16.0. The Morgan fingerprint density at radius 3 is 2.73 bits per heavy atom. The van der Waals surface area contributed by atoms with Gasteiger partial charge in [-0.15, -0.1) is 0 Å².